The van der Waals surface area contributed by atoms with Gasteiger partial charge in [0.05, 0.1) is 23.7 Å². The summed E-state index contributed by atoms with van der Waals surface area (Å²) in [4.78, 5) is 16.6. The number of ether oxygens (including phenoxy) is 1. The number of nitrogens with zero attached hydrogens (tertiary/aromatic N) is 1. The minimum Gasteiger partial charge on any atom is -0.491 e. The van der Waals surface area contributed by atoms with Crippen molar-refractivity contribution >= 4 is 17.2 Å². The lowest BCUT2D eigenvalue weighted by atomic mass is 10.1. The second kappa shape index (κ2) is 8.82. The van der Waals surface area contributed by atoms with Crippen LogP contribution in [0.5, 0.6) is 5.75 Å². The molecule has 4 nitrogen and oxygen atoms in total. The summed E-state index contributed by atoms with van der Waals surface area (Å²) in [6.45, 7) is 6.99. The van der Waals surface area contributed by atoms with Crippen molar-refractivity contribution in [2.45, 2.75) is 27.2 Å². The van der Waals surface area contributed by atoms with Crippen molar-refractivity contribution < 1.29 is 9.53 Å². The Balaban J connectivity index is 1.45. The van der Waals surface area contributed by atoms with Gasteiger partial charge in [-0.3, -0.25) is 4.79 Å². The smallest absolute Gasteiger partial charge is 0.224 e. The number of aryl methyl sites for hydroxylation is 3. The molecule has 0 aliphatic rings. The Labute approximate surface area is 164 Å². The fourth-order valence-corrected chi connectivity index (χ4v) is 3.53. The zero-order valence-corrected chi connectivity index (χ0v) is 16.7. The molecule has 0 fully saturated rings. The Morgan fingerprint density at radius 3 is 2.41 bits per heavy atom. The summed E-state index contributed by atoms with van der Waals surface area (Å²) in [6, 6.07) is 14.1. The van der Waals surface area contributed by atoms with Crippen molar-refractivity contribution in [1.82, 2.24) is 10.3 Å². The van der Waals surface area contributed by atoms with Crippen LogP contribution in [0.2, 0.25) is 0 Å². The van der Waals surface area contributed by atoms with E-state index in [1.807, 2.05) is 68.6 Å². The summed E-state index contributed by atoms with van der Waals surface area (Å²) in [5.41, 5.74) is 5.26. The minimum absolute atomic E-state index is 0.00245. The quantitative estimate of drug-likeness (QED) is 0.615. The van der Waals surface area contributed by atoms with Crippen LogP contribution in [-0.4, -0.2) is 24.0 Å². The third-order valence-corrected chi connectivity index (χ3v) is 5.09. The summed E-state index contributed by atoms with van der Waals surface area (Å²) in [6.07, 6.45) is 0.361. The van der Waals surface area contributed by atoms with Crippen LogP contribution in [0.3, 0.4) is 0 Å². The second-order valence-electron chi connectivity index (χ2n) is 6.54. The Morgan fingerprint density at radius 2 is 1.78 bits per heavy atom. The first-order valence-corrected chi connectivity index (χ1v) is 9.88. The number of hydrogen-bond acceptors (Lipinski definition) is 4. The molecule has 0 spiro atoms. The molecule has 140 valence electrons. The predicted molar refractivity (Wildman–Crippen MR) is 110 cm³/mol. The molecule has 1 amide bonds. The number of thiazole rings is 1. The maximum atomic E-state index is 12.1. The molecular weight excluding hydrogens is 356 g/mol. The van der Waals surface area contributed by atoms with Gasteiger partial charge in [-0.15, -0.1) is 11.3 Å². The second-order valence-corrected chi connectivity index (χ2v) is 7.61. The molecule has 0 bridgehead atoms. The molecule has 0 radical (unpaired) electrons. The van der Waals surface area contributed by atoms with E-state index in [-0.39, 0.29) is 5.91 Å². The average molecular weight is 381 g/mol. The summed E-state index contributed by atoms with van der Waals surface area (Å²) in [5, 5.41) is 6.02. The molecule has 0 saturated heterocycles. The monoisotopic (exact) mass is 380 g/mol. The van der Waals surface area contributed by atoms with E-state index in [0.29, 0.717) is 19.6 Å². The van der Waals surface area contributed by atoms with Gasteiger partial charge in [-0.05, 0) is 37.5 Å². The van der Waals surface area contributed by atoms with Gasteiger partial charge in [-0.25, -0.2) is 4.98 Å². The van der Waals surface area contributed by atoms with Crippen LogP contribution in [0.4, 0.5) is 0 Å². The zero-order chi connectivity index (χ0) is 19.2. The lowest BCUT2D eigenvalue weighted by Crippen LogP contribution is -2.29. The van der Waals surface area contributed by atoms with Gasteiger partial charge < -0.3 is 10.1 Å². The molecule has 3 rings (SSSR count). The molecule has 3 aromatic rings. The van der Waals surface area contributed by atoms with E-state index in [9.17, 15) is 4.79 Å². The number of rotatable bonds is 7. The van der Waals surface area contributed by atoms with E-state index in [2.05, 4.69) is 10.3 Å². The molecule has 0 aliphatic heterocycles. The first-order chi connectivity index (χ1) is 13.0. The zero-order valence-electron chi connectivity index (χ0n) is 15.9. The Morgan fingerprint density at radius 1 is 1.07 bits per heavy atom. The fourth-order valence-electron chi connectivity index (χ4n) is 2.91. The lowest BCUT2D eigenvalue weighted by molar-refractivity contribution is -0.120. The first kappa shape index (κ1) is 19.1. The highest BCUT2D eigenvalue weighted by molar-refractivity contribution is 7.09. The highest BCUT2D eigenvalue weighted by atomic mass is 32.1. The standard InChI is InChI=1S/C22H24N2O2S/c1-15-5-4-6-16(2)22(15)26-12-11-23-21(25)13-18-7-9-19(10-8-18)20-14-27-17(3)24-20/h4-10,14H,11-13H2,1-3H3,(H,23,25). The van der Waals surface area contributed by atoms with Crippen molar-refractivity contribution in [1.29, 1.82) is 0 Å². The Kier molecular flexibility index (Phi) is 6.24. The average Bonchev–Trinajstić information content (AvgIpc) is 3.08. The minimum atomic E-state index is -0.00245. The molecular formula is C22H24N2O2S. The molecule has 27 heavy (non-hydrogen) atoms. The number of hydrogen-bond donors (Lipinski definition) is 1. The number of amides is 1. The fraction of sp³-hybridized carbons (Fsp3) is 0.273. The van der Waals surface area contributed by atoms with Gasteiger partial charge in [-0.1, -0.05) is 42.5 Å². The SMILES string of the molecule is Cc1nc(-c2ccc(CC(=O)NCCOc3c(C)cccc3C)cc2)cs1. The number of carbonyl (C=O) groups excluding carboxylic acids is 1. The maximum absolute atomic E-state index is 12.1. The largest absolute Gasteiger partial charge is 0.491 e. The Hall–Kier alpha value is -2.66. The van der Waals surface area contributed by atoms with E-state index in [4.69, 9.17) is 4.74 Å². The van der Waals surface area contributed by atoms with Gasteiger partial charge in [-0.2, -0.15) is 0 Å². The number of para-hydroxylation sites is 1. The van der Waals surface area contributed by atoms with Crippen LogP contribution in [0.15, 0.2) is 47.8 Å². The summed E-state index contributed by atoms with van der Waals surface area (Å²) >= 11 is 1.64. The number of aromatic nitrogens is 1. The van der Waals surface area contributed by atoms with Crippen molar-refractivity contribution in [2.24, 2.45) is 0 Å². The van der Waals surface area contributed by atoms with Crippen molar-refractivity contribution in [3.63, 3.8) is 0 Å². The maximum Gasteiger partial charge on any atom is 0.224 e. The summed E-state index contributed by atoms with van der Waals surface area (Å²) in [5.74, 6) is 0.900. The molecule has 1 N–H and O–H groups in total. The predicted octanol–water partition coefficient (Wildman–Crippen LogP) is 4.47. The first-order valence-electron chi connectivity index (χ1n) is 9.00. The van der Waals surface area contributed by atoms with E-state index in [1.165, 1.54) is 0 Å². The van der Waals surface area contributed by atoms with Crippen molar-refractivity contribution in [3.8, 4) is 17.0 Å². The molecule has 2 aromatic carbocycles. The highest BCUT2D eigenvalue weighted by Gasteiger charge is 2.07. The van der Waals surface area contributed by atoms with Crippen LogP contribution in [0.25, 0.3) is 11.3 Å². The van der Waals surface area contributed by atoms with E-state index in [1.54, 1.807) is 11.3 Å². The molecule has 0 aliphatic carbocycles. The van der Waals surface area contributed by atoms with Gasteiger partial charge in [0.1, 0.15) is 12.4 Å². The molecule has 1 aromatic heterocycles. The van der Waals surface area contributed by atoms with Gasteiger partial charge in [0, 0.05) is 10.9 Å². The normalized spacial score (nSPS) is 10.6. The third-order valence-electron chi connectivity index (χ3n) is 4.31. The highest BCUT2D eigenvalue weighted by Crippen LogP contribution is 2.22. The lowest BCUT2D eigenvalue weighted by Gasteiger charge is -2.12. The topological polar surface area (TPSA) is 51.2 Å². The summed E-state index contributed by atoms with van der Waals surface area (Å²) in [7, 11) is 0. The van der Waals surface area contributed by atoms with Crippen molar-refractivity contribution in [2.75, 3.05) is 13.2 Å². The van der Waals surface area contributed by atoms with Crippen LogP contribution < -0.4 is 10.1 Å². The van der Waals surface area contributed by atoms with Crippen LogP contribution >= 0.6 is 11.3 Å². The molecule has 1 heterocycles. The van der Waals surface area contributed by atoms with Gasteiger partial charge in [0.2, 0.25) is 5.91 Å². The van der Waals surface area contributed by atoms with E-state index < -0.39 is 0 Å². The number of carbonyl (C=O) groups is 1. The third kappa shape index (κ3) is 5.17. The van der Waals surface area contributed by atoms with Crippen LogP contribution in [0, 0.1) is 20.8 Å². The van der Waals surface area contributed by atoms with Crippen LogP contribution in [-0.2, 0) is 11.2 Å². The number of benzene rings is 2. The Bertz CT molecular complexity index is 896. The number of nitrogens with one attached hydrogen (secondary N) is 1. The summed E-state index contributed by atoms with van der Waals surface area (Å²) < 4.78 is 5.81. The van der Waals surface area contributed by atoms with Gasteiger partial charge >= 0.3 is 0 Å². The molecule has 0 atom stereocenters. The van der Waals surface area contributed by atoms with Crippen molar-refractivity contribution in [3.05, 3.63) is 69.5 Å². The molecule has 0 saturated carbocycles. The molecule has 0 unspecified atom stereocenters. The molecule has 5 heteroatoms. The van der Waals surface area contributed by atoms with Gasteiger partial charge in [0.25, 0.3) is 0 Å². The van der Waals surface area contributed by atoms with E-state index in [0.717, 1.165) is 38.7 Å². The van der Waals surface area contributed by atoms with Gasteiger partial charge in [0.15, 0.2) is 0 Å². The van der Waals surface area contributed by atoms with Crippen LogP contribution in [0.1, 0.15) is 21.7 Å². The van der Waals surface area contributed by atoms with E-state index >= 15 is 0 Å².